The van der Waals surface area contributed by atoms with Crippen molar-refractivity contribution in [2.24, 2.45) is 30.7 Å². The van der Waals surface area contributed by atoms with Crippen molar-refractivity contribution < 1.29 is 0 Å². The molecule has 2 aromatic carbocycles. The lowest BCUT2D eigenvalue weighted by molar-refractivity contribution is 0.949. The molecule has 0 radical (unpaired) electrons. The van der Waals surface area contributed by atoms with Crippen LogP contribution in [-0.4, -0.2) is 18.1 Å². The number of aromatic nitrogens is 1. The van der Waals surface area contributed by atoms with Crippen LogP contribution in [0, 0.1) is 20.8 Å². The second-order valence-electron chi connectivity index (χ2n) is 8.62. The molecule has 0 atom stereocenters. The van der Waals surface area contributed by atoms with Crippen LogP contribution in [0.25, 0.3) is 0 Å². The summed E-state index contributed by atoms with van der Waals surface area (Å²) >= 11 is 3.16. The summed E-state index contributed by atoms with van der Waals surface area (Å²) in [5.74, 6) is 0. The number of rotatable bonds is 7. The van der Waals surface area contributed by atoms with Crippen LogP contribution >= 0.6 is 22.7 Å². The van der Waals surface area contributed by atoms with Crippen LogP contribution in [0.3, 0.4) is 0 Å². The van der Waals surface area contributed by atoms with Gasteiger partial charge in [-0.1, -0.05) is 11.3 Å². The molecular formula is C26H26N8S2. The van der Waals surface area contributed by atoms with Gasteiger partial charge in [0.25, 0.3) is 0 Å². The van der Waals surface area contributed by atoms with E-state index in [4.69, 9.17) is 0 Å². The molecule has 0 bridgehead atoms. The largest absolute Gasteiger partial charge is 0.363 e. The van der Waals surface area contributed by atoms with Gasteiger partial charge in [-0.3, -0.25) is 0 Å². The first-order chi connectivity index (χ1) is 17.5. The van der Waals surface area contributed by atoms with Crippen molar-refractivity contribution in [3.05, 3.63) is 70.7 Å². The Labute approximate surface area is 218 Å². The molecule has 1 fully saturated rings. The molecule has 36 heavy (non-hydrogen) atoms. The van der Waals surface area contributed by atoms with Crippen molar-refractivity contribution in [3.8, 4) is 0 Å². The van der Waals surface area contributed by atoms with E-state index in [2.05, 4.69) is 46.6 Å². The van der Waals surface area contributed by atoms with Crippen molar-refractivity contribution >= 4 is 60.6 Å². The number of thiophene rings is 1. The van der Waals surface area contributed by atoms with Gasteiger partial charge in [0.05, 0.1) is 33.4 Å². The Balaban J connectivity index is 1.23. The molecule has 0 saturated carbocycles. The summed E-state index contributed by atoms with van der Waals surface area (Å²) in [6.45, 7) is 8.18. The minimum atomic E-state index is 0.649. The maximum atomic E-state index is 4.44. The highest BCUT2D eigenvalue weighted by Crippen LogP contribution is 2.35. The summed E-state index contributed by atoms with van der Waals surface area (Å²) < 4.78 is 0. The summed E-state index contributed by atoms with van der Waals surface area (Å²) in [5, 5.41) is 31.0. The van der Waals surface area contributed by atoms with Crippen molar-refractivity contribution in [2.45, 2.75) is 33.6 Å². The zero-order valence-electron chi connectivity index (χ0n) is 20.4. The third kappa shape index (κ3) is 5.95. The summed E-state index contributed by atoms with van der Waals surface area (Å²) in [7, 11) is 0. The Morgan fingerprint density at radius 2 is 1.36 bits per heavy atom. The van der Waals surface area contributed by atoms with Crippen LogP contribution < -0.4 is 4.90 Å². The van der Waals surface area contributed by atoms with Gasteiger partial charge in [0, 0.05) is 18.5 Å². The van der Waals surface area contributed by atoms with Gasteiger partial charge in [0.2, 0.25) is 5.13 Å². The molecule has 0 N–H and O–H groups in total. The zero-order valence-corrected chi connectivity index (χ0v) is 22.1. The minimum absolute atomic E-state index is 0.649. The van der Waals surface area contributed by atoms with Gasteiger partial charge in [-0.25, -0.2) is 4.98 Å². The Morgan fingerprint density at radius 3 is 1.97 bits per heavy atom. The fraction of sp³-hybridized carbons (Fsp3) is 0.269. The molecule has 1 aliphatic heterocycles. The highest BCUT2D eigenvalue weighted by molar-refractivity contribution is 7.19. The predicted molar refractivity (Wildman–Crippen MR) is 148 cm³/mol. The molecule has 3 heterocycles. The van der Waals surface area contributed by atoms with Crippen LogP contribution in [0.2, 0.25) is 0 Å². The van der Waals surface area contributed by atoms with E-state index in [1.54, 1.807) is 11.3 Å². The maximum Gasteiger partial charge on any atom is 0.230 e. The van der Waals surface area contributed by atoms with Gasteiger partial charge < -0.3 is 4.90 Å². The van der Waals surface area contributed by atoms with Crippen LogP contribution in [-0.2, 0) is 0 Å². The average molecular weight is 515 g/mol. The van der Waals surface area contributed by atoms with E-state index in [1.807, 2.05) is 68.6 Å². The van der Waals surface area contributed by atoms with E-state index >= 15 is 0 Å². The zero-order chi connectivity index (χ0) is 24.9. The lowest BCUT2D eigenvalue weighted by Gasteiger charge is -2.13. The Hall–Kier alpha value is -3.63. The number of benzene rings is 2. The highest BCUT2D eigenvalue weighted by atomic mass is 32.1. The molecule has 0 amide bonds. The van der Waals surface area contributed by atoms with E-state index in [0.717, 1.165) is 57.7 Å². The van der Waals surface area contributed by atoms with Crippen molar-refractivity contribution in [2.75, 3.05) is 18.0 Å². The molecule has 8 nitrogen and oxygen atoms in total. The first kappa shape index (κ1) is 24.1. The number of hydrogen-bond acceptors (Lipinski definition) is 10. The van der Waals surface area contributed by atoms with E-state index < -0.39 is 0 Å². The molecule has 5 rings (SSSR count). The van der Waals surface area contributed by atoms with Crippen LogP contribution in [0.4, 0.5) is 37.9 Å². The summed E-state index contributed by atoms with van der Waals surface area (Å²) in [4.78, 5) is 6.72. The number of nitrogens with zero attached hydrogens (tertiary/aromatic N) is 8. The Kier molecular flexibility index (Phi) is 7.33. The average Bonchev–Trinajstić information content (AvgIpc) is 3.64. The maximum absolute atomic E-state index is 4.44. The number of thiazole rings is 1. The molecular weight excluding hydrogens is 488 g/mol. The molecule has 182 valence electrons. The van der Waals surface area contributed by atoms with E-state index in [0.29, 0.717) is 5.13 Å². The van der Waals surface area contributed by atoms with Gasteiger partial charge in [-0.05, 0) is 93.3 Å². The van der Waals surface area contributed by atoms with Crippen molar-refractivity contribution in [1.82, 2.24) is 4.98 Å². The SMILES string of the molecule is Cc1csc(/N=N/c2ccc(/N=N/c3ccc(/N=N/c4ccc(N5CCCC5)s4)cc3C)cc2C)n1. The first-order valence-corrected chi connectivity index (χ1v) is 13.5. The minimum Gasteiger partial charge on any atom is -0.363 e. The highest BCUT2D eigenvalue weighted by Gasteiger charge is 2.14. The smallest absolute Gasteiger partial charge is 0.230 e. The lowest BCUT2D eigenvalue weighted by Crippen LogP contribution is -2.15. The fourth-order valence-electron chi connectivity index (χ4n) is 3.81. The third-order valence-corrected chi connectivity index (χ3v) is 7.62. The van der Waals surface area contributed by atoms with E-state index in [9.17, 15) is 0 Å². The third-order valence-electron chi connectivity index (χ3n) is 5.74. The van der Waals surface area contributed by atoms with Gasteiger partial charge in [0.1, 0.15) is 5.00 Å². The topological polar surface area (TPSA) is 90.3 Å². The van der Waals surface area contributed by atoms with Crippen LogP contribution in [0.15, 0.2) is 84.6 Å². The standard InChI is InChI=1S/C26H26N8S2/c1-17-15-21(29-32-24-10-11-25(36-24)34-12-4-5-13-34)7-8-22(17)30-28-20-6-9-23(18(2)14-20)31-33-26-27-19(3)16-35-26/h6-11,14-16H,4-5,12-13H2,1-3H3/b30-28+,32-29+,33-31+. The second-order valence-corrected chi connectivity index (χ2v) is 10.5. The molecule has 2 aromatic heterocycles. The number of aryl methyl sites for hydroxylation is 3. The molecule has 0 unspecified atom stereocenters. The molecule has 1 saturated heterocycles. The molecule has 10 heteroatoms. The van der Waals surface area contributed by atoms with Crippen molar-refractivity contribution in [1.29, 1.82) is 0 Å². The predicted octanol–water partition coefficient (Wildman–Crippen LogP) is 9.98. The monoisotopic (exact) mass is 514 g/mol. The van der Waals surface area contributed by atoms with Crippen molar-refractivity contribution in [3.63, 3.8) is 0 Å². The van der Waals surface area contributed by atoms with Crippen LogP contribution in [0.5, 0.6) is 0 Å². The summed E-state index contributed by atoms with van der Waals surface area (Å²) in [6, 6.07) is 15.7. The fourth-order valence-corrected chi connectivity index (χ4v) is 5.30. The van der Waals surface area contributed by atoms with Gasteiger partial charge in [-0.2, -0.15) is 10.2 Å². The van der Waals surface area contributed by atoms with Crippen LogP contribution in [0.1, 0.15) is 29.7 Å². The van der Waals surface area contributed by atoms with Gasteiger partial charge >= 0.3 is 0 Å². The summed E-state index contributed by atoms with van der Waals surface area (Å²) in [6.07, 6.45) is 2.53. The number of anilines is 1. The van der Waals surface area contributed by atoms with Gasteiger partial charge in [-0.15, -0.1) is 31.8 Å². The molecule has 0 spiro atoms. The van der Waals surface area contributed by atoms with Gasteiger partial charge in [0.15, 0.2) is 0 Å². The Bertz CT molecular complexity index is 1440. The molecule has 4 aromatic rings. The lowest BCUT2D eigenvalue weighted by atomic mass is 10.2. The number of azo groups is 3. The quantitative estimate of drug-likeness (QED) is 0.230. The number of hydrogen-bond donors (Lipinski definition) is 0. The van der Waals surface area contributed by atoms with E-state index in [-0.39, 0.29) is 0 Å². The normalized spacial score (nSPS) is 14.2. The Morgan fingerprint density at radius 1 is 0.722 bits per heavy atom. The molecule has 0 aliphatic carbocycles. The summed E-state index contributed by atoms with van der Waals surface area (Å²) in [5.41, 5.74) is 6.03. The first-order valence-electron chi connectivity index (χ1n) is 11.8. The molecule has 1 aliphatic rings. The van der Waals surface area contributed by atoms with E-state index in [1.165, 1.54) is 29.2 Å². The second kappa shape index (κ2) is 11.0.